The van der Waals surface area contributed by atoms with E-state index in [9.17, 15) is 4.39 Å². The molecule has 24 heavy (non-hydrogen) atoms. The Kier molecular flexibility index (Phi) is 9.20. The zero-order valence-corrected chi connectivity index (χ0v) is 17.4. The number of benzene rings is 1. The van der Waals surface area contributed by atoms with Crippen LogP contribution >= 0.6 is 35.3 Å². The number of aryl methyl sites for hydroxylation is 1. The Morgan fingerprint density at radius 1 is 1.42 bits per heavy atom. The second kappa shape index (κ2) is 10.6. The molecule has 0 aliphatic carbocycles. The lowest BCUT2D eigenvalue weighted by molar-refractivity contribution is 0.475. The Hall–Kier alpha value is -1.22. The first kappa shape index (κ1) is 20.8. The van der Waals surface area contributed by atoms with Gasteiger partial charge in [0.25, 0.3) is 0 Å². The third-order valence-corrected chi connectivity index (χ3v) is 4.49. The lowest BCUT2D eigenvalue weighted by Gasteiger charge is -2.22. The molecule has 0 spiro atoms. The van der Waals surface area contributed by atoms with Crippen LogP contribution < -0.4 is 5.32 Å². The van der Waals surface area contributed by atoms with Gasteiger partial charge < -0.3 is 10.2 Å². The summed E-state index contributed by atoms with van der Waals surface area (Å²) in [7, 11) is 3.70. The van der Waals surface area contributed by atoms with Crippen LogP contribution in [0, 0.1) is 5.82 Å². The highest BCUT2D eigenvalue weighted by atomic mass is 127. The number of hydrogen-bond acceptors (Lipinski definition) is 3. The number of aliphatic imine (C=N–C) groups is 1. The SMILES string of the molecule is CCc1nc(CCNC(=NC)N(C)Cc2cccc(F)c2)cs1.I. The van der Waals surface area contributed by atoms with Gasteiger partial charge in [0.15, 0.2) is 5.96 Å². The summed E-state index contributed by atoms with van der Waals surface area (Å²) in [4.78, 5) is 10.8. The molecule has 0 radical (unpaired) electrons. The van der Waals surface area contributed by atoms with E-state index in [1.807, 2.05) is 18.0 Å². The van der Waals surface area contributed by atoms with Crippen molar-refractivity contribution in [2.45, 2.75) is 26.3 Å². The molecule has 0 amide bonds. The van der Waals surface area contributed by atoms with Gasteiger partial charge in [-0.2, -0.15) is 0 Å². The number of halogens is 2. The Morgan fingerprint density at radius 2 is 2.21 bits per heavy atom. The molecule has 0 atom stereocenters. The molecule has 1 aromatic carbocycles. The zero-order chi connectivity index (χ0) is 16.7. The van der Waals surface area contributed by atoms with Gasteiger partial charge in [-0.05, 0) is 24.1 Å². The quantitative estimate of drug-likeness (QED) is 0.404. The smallest absolute Gasteiger partial charge is 0.193 e. The summed E-state index contributed by atoms with van der Waals surface area (Å²) in [5, 5.41) is 6.61. The van der Waals surface area contributed by atoms with Crippen LogP contribution in [0.25, 0.3) is 0 Å². The molecule has 1 N–H and O–H groups in total. The largest absolute Gasteiger partial charge is 0.356 e. The summed E-state index contributed by atoms with van der Waals surface area (Å²) in [6.45, 7) is 3.49. The second-order valence-corrected chi connectivity index (χ2v) is 6.24. The van der Waals surface area contributed by atoms with Crippen molar-refractivity contribution in [2.75, 3.05) is 20.6 Å². The lowest BCUT2D eigenvalue weighted by Crippen LogP contribution is -2.39. The molecule has 0 unspecified atom stereocenters. The van der Waals surface area contributed by atoms with Crippen molar-refractivity contribution in [1.29, 1.82) is 0 Å². The van der Waals surface area contributed by atoms with Crippen molar-refractivity contribution < 1.29 is 4.39 Å². The van der Waals surface area contributed by atoms with Crippen molar-refractivity contribution in [2.24, 2.45) is 4.99 Å². The zero-order valence-electron chi connectivity index (χ0n) is 14.3. The van der Waals surface area contributed by atoms with E-state index in [2.05, 4.69) is 27.6 Å². The third-order valence-electron chi connectivity index (χ3n) is 3.45. The molecule has 0 bridgehead atoms. The predicted octanol–water partition coefficient (Wildman–Crippen LogP) is 3.71. The van der Waals surface area contributed by atoms with E-state index >= 15 is 0 Å². The van der Waals surface area contributed by atoms with Crippen LogP contribution in [-0.2, 0) is 19.4 Å². The van der Waals surface area contributed by atoms with E-state index < -0.39 is 0 Å². The molecular formula is C17H24FIN4S. The molecular weight excluding hydrogens is 438 g/mol. The molecule has 0 saturated heterocycles. The number of thiazole rings is 1. The first-order chi connectivity index (χ1) is 11.1. The molecule has 7 heteroatoms. The van der Waals surface area contributed by atoms with Gasteiger partial charge in [0.2, 0.25) is 0 Å². The molecule has 1 aromatic heterocycles. The molecule has 1 heterocycles. The van der Waals surface area contributed by atoms with E-state index in [1.54, 1.807) is 30.5 Å². The minimum Gasteiger partial charge on any atom is -0.356 e. The minimum atomic E-state index is -0.214. The normalized spacial score (nSPS) is 11.1. The highest BCUT2D eigenvalue weighted by molar-refractivity contribution is 14.0. The maximum absolute atomic E-state index is 13.3. The Labute approximate surface area is 164 Å². The number of rotatable bonds is 6. The Bertz CT molecular complexity index is 660. The highest BCUT2D eigenvalue weighted by Crippen LogP contribution is 2.10. The number of hydrogen-bond donors (Lipinski definition) is 1. The summed E-state index contributed by atoms with van der Waals surface area (Å²) >= 11 is 1.71. The third kappa shape index (κ3) is 6.35. The van der Waals surface area contributed by atoms with Gasteiger partial charge >= 0.3 is 0 Å². The minimum absolute atomic E-state index is 0. The Balaban J connectivity index is 0.00000288. The fourth-order valence-electron chi connectivity index (χ4n) is 2.30. The molecule has 132 valence electrons. The fourth-order valence-corrected chi connectivity index (χ4v) is 3.08. The van der Waals surface area contributed by atoms with Crippen molar-refractivity contribution in [3.8, 4) is 0 Å². The lowest BCUT2D eigenvalue weighted by atomic mass is 10.2. The summed E-state index contributed by atoms with van der Waals surface area (Å²) in [6, 6.07) is 6.64. The van der Waals surface area contributed by atoms with Crippen LogP contribution in [-0.4, -0.2) is 36.5 Å². The van der Waals surface area contributed by atoms with Crippen molar-refractivity contribution in [1.82, 2.24) is 15.2 Å². The predicted molar refractivity (Wildman–Crippen MR) is 110 cm³/mol. The summed E-state index contributed by atoms with van der Waals surface area (Å²) in [5.41, 5.74) is 2.03. The molecule has 4 nitrogen and oxygen atoms in total. The number of guanidine groups is 1. The highest BCUT2D eigenvalue weighted by Gasteiger charge is 2.07. The fraction of sp³-hybridized carbons (Fsp3) is 0.412. The van der Waals surface area contributed by atoms with Crippen LogP contribution in [0.3, 0.4) is 0 Å². The standard InChI is InChI=1S/C17H23FN4S.HI/c1-4-16-21-15(12-23-16)8-9-20-17(19-2)22(3)11-13-6-5-7-14(18)10-13;/h5-7,10,12H,4,8-9,11H2,1-3H3,(H,19,20);1H. The van der Waals surface area contributed by atoms with E-state index in [-0.39, 0.29) is 29.8 Å². The van der Waals surface area contributed by atoms with Gasteiger partial charge in [-0.1, -0.05) is 19.1 Å². The molecule has 0 aliphatic rings. The van der Waals surface area contributed by atoms with Gasteiger partial charge in [-0.25, -0.2) is 9.37 Å². The van der Waals surface area contributed by atoms with Crippen LogP contribution in [0.4, 0.5) is 4.39 Å². The van der Waals surface area contributed by atoms with Gasteiger partial charge in [-0.3, -0.25) is 4.99 Å². The maximum atomic E-state index is 13.3. The maximum Gasteiger partial charge on any atom is 0.193 e. The number of nitrogens with one attached hydrogen (secondary N) is 1. The van der Waals surface area contributed by atoms with Crippen molar-refractivity contribution >= 4 is 41.3 Å². The summed E-state index contributed by atoms with van der Waals surface area (Å²) < 4.78 is 13.3. The van der Waals surface area contributed by atoms with Crippen molar-refractivity contribution in [3.63, 3.8) is 0 Å². The van der Waals surface area contributed by atoms with Crippen LogP contribution in [0.5, 0.6) is 0 Å². The van der Waals surface area contributed by atoms with E-state index in [1.165, 1.54) is 11.1 Å². The summed E-state index contributed by atoms with van der Waals surface area (Å²) in [6.07, 6.45) is 1.85. The molecule has 0 saturated carbocycles. The van der Waals surface area contributed by atoms with Gasteiger partial charge in [0.1, 0.15) is 5.82 Å². The molecule has 0 fully saturated rings. The molecule has 2 rings (SSSR count). The van der Waals surface area contributed by atoms with Gasteiger partial charge in [0, 0.05) is 39.0 Å². The number of nitrogens with zero attached hydrogens (tertiary/aromatic N) is 3. The first-order valence-corrected chi connectivity index (χ1v) is 8.59. The summed E-state index contributed by atoms with van der Waals surface area (Å²) in [5.74, 6) is 0.578. The molecule has 0 aliphatic heterocycles. The van der Waals surface area contributed by atoms with E-state index in [0.717, 1.165) is 36.6 Å². The van der Waals surface area contributed by atoms with Gasteiger partial charge in [-0.15, -0.1) is 35.3 Å². The van der Waals surface area contributed by atoms with Gasteiger partial charge in [0.05, 0.1) is 10.7 Å². The average molecular weight is 462 g/mol. The van der Waals surface area contributed by atoms with Crippen LogP contribution in [0.1, 0.15) is 23.2 Å². The first-order valence-electron chi connectivity index (χ1n) is 7.72. The second-order valence-electron chi connectivity index (χ2n) is 5.30. The van der Waals surface area contributed by atoms with Crippen molar-refractivity contribution in [3.05, 3.63) is 51.7 Å². The molecule has 2 aromatic rings. The number of aromatic nitrogens is 1. The van der Waals surface area contributed by atoms with Crippen LogP contribution in [0.2, 0.25) is 0 Å². The van der Waals surface area contributed by atoms with E-state index in [0.29, 0.717) is 6.54 Å². The average Bonchev–Trinajstić information content (AvgIpc) is 2.99. The Morgan fingerprint density at radius 3 is 2.83 bits per heavy atom. The topological polar surface area (TPSA) is 40.5 Å². The van der Waals surface area contributed by atoms with E-state index in [4.69, 9.17) is 0 Å². The van der Waals surface area contributed by atoms with Crippen LogP contribution in [0.15, 0.2) is 34.6 Å². The monoisotopic (exact) mass is 462 g/mol.